The van der Waals surface area contributed by atoms with Crippen molar-refractivity contribution in [2.45, 2.75) is 39.2 Å². The van der Waals surface area contributed by atoms with E-state index in [1.165, 1.54) is 0 Å². The van der Waals surface area contributed by atoms with Crippen LogP contribution in [0, 0.1) is 5.41 Å². The van der Waals surface area contributed by atoms with E-state index in [9.17, 15) is 9.59 Å². The van der Waals surface area contributed by atoms with E-state index < -0.39 is 17.4 Å². The van der Waals surface area contributed by atoms with Gasteiger partial charge in [0.25, 0.3) is 0 Å². The molecule has 0 spiro atoms. The van der Waals surface area contributed by atoms with E-state index in [0.29, 0.717) is 12.8 Å². The average Bonchev–Trinajstić information content (AvgIpc) is 2.31. The quantitative estimate of drug-likeness (QED) is 0.470. The summed E-state index contributed by atoms with van der Waals surface area (Å²) in [5.41, 5.74) is 4.88. The summed E-state index contributed by atoms with van der Waals surface area (Å²) in [6.45, 7) is 3.58. The van der Waals surface area contributed by atoms with Crippen molar-refractivity contribution in [3.05, 3.63) is 0 Å². The summed E-state index contributed by atoms with van der Waals surface area (Å²) in [7, 11) is 0. The lowest BCUT2D eigenvalue weighted by Crippen LogP contribution is -2.51. The molecular weight excluding hydrogens is 224 g/mol. The Hall–Kier alpha value is -1.14. The Balaban J connectivity index is 4.73. The van der Waals surface area contributed by atoms with E-state index in [1.54, 1.807) is 0 Å². The summed E-state index contributed by atoms with van der Waals surface area (Å²) in [5, 5.41) is 20.0. The normalized spacial score (nSPS) is 13.2. The lowest BCUT2D eigenvalue weighted by Gasteiger charge is -2.30. The second kappa shape index (κ2) is 7.24. The third-order valence-electron chi connectivity index (χ3n) is 3.25. The largest absolute Gasteiger partial charge is 0.480 e. The zero-order valence-corrected chi connectivity index (χ0v) is 10.4. The van der Waals surface area contributed by atoms with Crippen LogP contribution in [0.15, 0.2) is 0 Å². The highest BCUT2D eigenvalue weighted by Crippen LogP contribution is 2.25. The van der Waals surface area contributed by atoms with Crippen molar-refractivity contribution >= 4 is 11.9 Å². The lowest BCUT2D eigenvalue weighted by molar-refractivity contribution is -0.144. The van der Waals surface area contributed by atoms with Crippen LogP contribution in [0.4, 0.5) is 0 Å². The molecule has 0 aliphatic carbocycles. The van der Waals surface area contributed by atoms with E-state index in [4.69, 9.17) is 15.9 Å². The molecule has 0 aliphatic rings. The molecule has 0 rings (SSSR count). The number of carboxylic acids is 1. The molecule has 1 amide bonds. The van der Waals surface area contributed by atoms with Crippen LogP contribution >= 0.6 is 0 Å². The molecule has 0 radical (unpaired) electrons. The minimum Gasteiger partial charge on any atom is -0.480 e. The van der Waals surface area contributed by atoms with Gasteiger partial charge in [0.2, 0.25) is 5.91 Å². The monoisotopic (exact) mass is 246 g/mol. The van der Waals surface area contributed by atoms with Crippen LogP contribution in [0.1, 0.15) is 33.1 Å². The second-order valence-corrected chi connectivity index (χ2v) is 4.07. The van der Waals surface area contributed by atoms with Gasteiger partial charge in [0.1, 0.15) is 6.04 Å². The minimum atomic E-state index is -1.15. The summed E-state index contributed by atoms with van der Waals surface area (Å²) in [6, 6.07) is -1.06. The van der Waals surface area contributed by atoms with Gasteiger partial charge in [0, 0.05) is 19.6 Å². The first-order chi connectivity index (χ1) is 7.97. The van der Waals surface area contributed by atoms with E-state index in [0.717, 1.165) is 0 Å². The molecule has 0 aromatic rings. The van der Waals surface area contributed by atoms with E-state index in [-0.39, 0.29) is 25.5 Å². The molecule has 5 N–H and O–H groups in total. The number of carboxylic acid groups (broad SMARTS) is 1. The van der Waals surface area contributed by atoms with E-state index in [1.807, 2.05) is 13.8 Å². The fourth-order valence-corrected chi connectivity index (χ4v) is 1.65. The van der Waals surface area contributed by atoms with Gasteiger partial charge in [-0.1, -0.05) is 13.8 Å². The number of aliphatic hydroxyl groups is 1. The minimum absolute atomic E-state index is 0.00481. The first-order valence-electron chi connectivity index (χ1n) is 5.82. The van der Waals surface area contributed by atoms with Crippen LogP contribution in [0.2, 0.25) is 0 Å². The standard InChI is InChI=1S/C11H22N2O4/c1-3-11(4-2,7-12)10(17)13-8(5-6-14)9(15)16/h8,14H,3-7,12H2,1-2H3,(H,13,17)(H,15,16)/t8-/m1/s1. The second-order valence-electron chi connectivity index (χ2n) is 4.07. The number of aliphatic carboxylic acids is 1. The van der Waals surface area contributed by atoms with Gasteiger partial charge in [0.15, 0.2) is 0 Å². The summed E-state index contributed by atoms with van der Waals surface area (Å²) in [5.74, 6) is -1.50. The molecule has 0 saturated carbocycles. The van der Waals surface area contributed by atoms with Crippen molar-refractivity contribution in [1.29, 1.82) is 0 Å². The fourth-order valence-electron chi connectivity index (χ4n) is 1.65. The van der Waals surface area contributed by atoms with Gasteiger partial charge < -0.3 is 21.3 Å². The molecule has 0 saturated heterocycles. The van der Waals surface area contributed by atoms with Gasteiger partial charge in [0.05, 0.1) is 5.41 Å². The van der Waals surface area contributed by atoms with Gasteiger partial charge in [-0.15, -0.1) is 0 Å². The molecule has 0 fully saturated rings. The van der Waals surface area contributed by atoms with Crippen molar-refractivity contribution < 1.29 is 19.8 Å². The SMILES string of the molecule is CCC(CC)(CN)C(=O)N[C@H](CCO)C(=O)O. The maximum absolute atomic E-state index is 12.0. The van der Waals surface area contributed by atoms with Crippen LogP contribution in [0.3, 0.4) is 0 Å². The first-order valence-corrected chi connectivity index (χ1v) is 5.82. The van der Waals surface area contributed by atoms with Crippen LogP contribution < -0.4 is 11.1 Å². The molecule has 0 aromatic carbocycles. The van der Waals surface area contributed by atoms with E-state index >= 15 is 0 Å². The van der Waals surface area contributed by atoms with Gasteiger partial charge in [-0.25, -0.2) is 4.79 Å². The van der Waals surface area contributed by atoms with Crippen molar-refractivity contribution in [3.63, 3.8) is 0 Å². The zero-order valence-electron chi connectivity index (χ0n) is 10.4. The number of nitrogens with one attached hydrogen (secondary N) is 1. The lowest BCUT2D eigenvalue weighted by atomic mass is 9.81. The Morgan fingerprint density at radius 2 is 1.88 bits per heavy atom. The predicted molar refractivity (Wildman–Crippen MR) is 63.3 cm³/mol. The molecule has 100 valence electrons. The Bertz CT molecular complexity index is 256. The maximum atomic E-state index is 12.0. The van der Waals surface area contributed by atoms with E-state index in [2.05, 4.69) is 5.32 Å². The van der Waals surface area contributed by atoms with Crippen LogP contribution in [-0.4, -0.2) is 41.3 Å². The highest BCUT2D eigenvalue weighted by atomic mass is 16.4. The number of nitrogens with two attached hydrogens (primary N) is 1. The molecular formula is C11H22N2O4. The zero-order chi connectivity index (χ0) is 13.5. The number of rotatable bonds is 8. The summed E-state index contributed by atoms with van der Waals surface area (Å²) >= 11 is 0. The molecule has 6 nitrogen and oxygen atoms in total. The third-order valence-corrected chi connectivity index (χ3v) is 3.25. The highest BCUT2D eigenvalue weighted by molar-refractivity contribution is 5.87. The van der Waals surface area contributed by atoms with Crippen molar-refractivity contribution in [3.8, 4) is 0 Å². The number of carbonyl (C=O) groups is 2. The predicted octanol–water partition coefficient (Wildman–Crippen LogP) is -0.297. The van der Waals surface area contributed by atoms with Gasteiger partial charge in [-0.3, -0.25) is 4.79 Å². The van der Waals surface area contributed by atoms with Crippen molar-refractivity contribution in [1.82, 2.24) is 5.32 Å². The van der Waals surface area contributed by atoms with Crippen molar-refractivity contribution in [2.24, 2.45) is 11.1 Å². The summed E-state index contributed by atoms with van der Waals surface area (Å²) in [4.78, 5) is 22.9. The average molecular weight is 246 g/mol. The molecule has 0 unspecified atom stereocenters. The number of aliphatic hydroxyl groups excluding tert-OH is 1. The maximum Gasteiger partial charge on any atom is 0.326 e. The topological polar surface area (TPSA) is 113 Å². The number of carbonyl (C=O) groups excluding carboxylic acids is 1. The molecule has 0 aromatic heterocycles. The number of hydrogen-bond acceptors (Lipinski definition) is 4. The Morgan fingerprint density at radius 3 is 2.18 bits per heavy atom. The fraction of sp³-hybridized carbons (Fsp3) is 0.818. The van der Waals surface area contributed by atoms with Gasteiger partial charge >= 0.3 is 5.97 Å². The summed E-state index contributed by atoms with van der Waals surface area (Å²) in [6.07, 6.45) is 1.10. The number of hydrogen-bond donors (Lipinski definition) is 4. The Labute approximate surface area is 101 Å². The summed E-state index contributed by atoms with van der Waals surface area (Å²) < 4.78 is 0. The third kappa shape index (κ3) is 3.98. The molecule has 1 atom stereocenters. The molecule has 0 bridgehead atoms. The Kier molecular flexibility index (Phi) is 6.75. The highest BCUT2D eigenvalue weighted by Gasteiger charge is 2.35. The van der Waals surface area contributed by atoms with Crippen LogP contribution in [0.5, 0.6) is 0 Å². The number of amides is 1. The van der Waals surface area contributed by atoms with Gasteiger partial charge in [-0.2, -0.15) is 0 Å². The molecule has 0 heterocycles. The molecule has 17 heavy (non-hydrogen) atoms. The molecule has 6 heteroatoms. The first kappa shape index (κ1) is 15.9. The Morgan fingerprint density at radius 1 is 1.35 bits per heavy atom. The van der Waals surface area contributed by atoms with Crippen molar-refractivity contribution in [2.75, 3.05) is 13.2 Å². The smallest absolute Gasteiger partial charge is 0.326 e. The van der Waals surface area contributed by atoms with Gasteiger partial charge in [-0.05, 0) is 12.8 Å². The van der Waals surface area contributed by atoms with Crippen LogP contribution in [0.25, 0.3) is 0 Å². The molecule has 0 aliphatic heterocycles. The van der Waals surface area contributed by atoms with Crippen LogP contribution in [-0.2, 0) is 9.59 Å².